The summed E-state index contributed by atoms with van der Waals surface area (Å²) in [6.45, 7) is 9.16. The number of para-hydroxylation sites is 1. The number of hydrogen-bond acceptors (Lipinski definition) is 4. The van der Waals surface area contributed by atoms with Crippen LogP contribution in [0.25, 0.3) is 0 Å². The molecule has 6 heteroatoms. The lowest BCUT2D eigenvalue weighted by Gasteiger charge is -2.34. The number of amides is 2. The maximum absolute atomic E-state index is 12.4. The van der Waals surface area contributed by atoms with Crippen molar-refractivity contribution >= 4 is 17.5 Å². The summed E-state index contributed by atoms with van der Waals surface area (Å²) in [5, 5.41) is 11.8. The third-order valence-electron chi connectivity index (χ3n) is 4.44. The Morgan fingerprint density at radius 2 is 1.88 bits per heavy atom. The smallest absolute Gasteiger partial charge is 0.313 e. The van der Waals surface area contributed by atoms with Gasteiger partial charge in [-0.05, 0) is 24.0 Å². The molecule has 0 radical (unpaired) electrons. The first-order valence-corrected chi connectivity index (χ1v) is 8.47. The van der Waals surface area contributed by atoms with Gasteiger partial charge in [0.15, 0.2) is 0 Å². The topological polar surface area (TPSA) is 72.9 Å². The van der Waals surface area contributed by atoms with Crippen LogP contribution in [0.3, 0.4) is 0 Å². The Balaban J connectivity index is 2.02. The van der Waals surface area contributed by atoms with Crippen LogP contribution in [0.15, 0.2) is 18.2 Å². The van der Waals surface area contributed by atoms with Crippen molar-refractivity contribution in [3.63, 3.8) is 0 Å². The summed E-state index contributed by atoms with van der Waals surface area (Å²) in [5.41, 5.74) is 2.73. The lowest BCUT2D eigenvalue weighted by Crippen LogP contribution is -2.52. The number of aliphatic hydroxyl groups is 1. The molecule has 0 aromatic heterocycles. The fourth-order valence-corrected chi connectivity index (χ4v) is 2.97. The van der Waals surface area contributed by atoms with Crippen molar-refractivity contribution in [3.8, 4) is 0 Å². The minimum atomic E-state index is -0.582. The molecule has 2 N–H and O–H groups in total. The van der Waals surface area contributed by atoms with Gasteiger partial charge in [-0.15, -0.1) is 0 Å². The molecule has 1 aliphatic rings. The molecule has 0 unspecified atom stereocenters. The second-order valence-corrected chi connectivity index (χ2v) is 6.51. The minimum Gasteiger partial charge on any atom is -0.395 e. The van der Waals surface area contributed by atoms with Gasteiger partial charge in [-0.1, -0.05) is 32.0 Å². The molecule has 1 aliphatic heterocycles. The molecule has 1 heterocycles. The standard InChI is InChI=1S/C18H27N3O3/c1-13(2)15-6-4-5-14(3)16(15)19-17(23)18(24)21-9-7-20(8-10-21)11-12-22/h4-6,13,22H,7-12H2,1-3H3,(H,19,23). The Morgan fingerprint density at radius 3 is 2.46 bits per heavy atom. The molecular weight excluding hydrogens is 306 g/mol. The zero-order valence-corrected chi connectivity index (χ0v) is 14.7. The predicted molar refractivity (Wildman–Crippen MR) is 94.0 cm³/mol. The molecule has 2 amide bonds. The van der Waals surface area contributed by atoms with Crippen LogP contribution >= 0.6 is 0 Å². The summed E-state index contributed by atoms with van der Waals surface area (Å²) < 4.78 is 0. The van der Waals surface area contributed by atoms with Crippen molar-refractivity contribution in [2.75, 3.05) is 44.6 Å². The predicted octanol–water partition coefficient (Wildman–Crippen LogP) is 1.19. The summed E-state index contributed by atoms with van der Waals surface area (Å²) in [4.78, 5) is 28.5. The van der Waals surface area contributed by atoms with Crippen molar-refractivity contribution < 1.29 is 14.7 Å². The summed E-state index contributed by atoms with van der Waals surface area (Å²) in [7, 11) is 0. The molecule has 0 aliphatic carbocycles. The lowest BCUT2D eigenvalue weighted by molar-refractivity contribution is -0.144. The van der Waals surface area contributed by atoms with Gasteiger partial charge in [0, 0.05) is 38.4 Å². The van der Waals surface area contributed by atoms with Gasteiger partial charge >= 0.3 is 11.8 Å². The molecule has 2 rings (SSSR count). The molecule has 24 heavy (non-hydrogen) atoms. The highest BCUT2D eigenvalue weighted by molar-refractivity contribution is 6.39. The third-order valence-corrected chi connectivity index (χ3v) is 4.44. The van der Waals surface area contributed by atoms with Crippen LogP contribution in [-0.2, 0) is 9.59 Å². The Hall–Kier alpha value is -1.92. The SMILES string of the molecule is Cc1cccc(C(C)C)c1NC(=O)C(=O)N1CCN(CCO)CC1. The molecule has 132 valence electrons. The van der Waals surface area contributed by atoms with E-state index >= 15 is 0 Å². The van der Waals surface area contributed by atoms with Gasteiger partial charge < -0.3 is 15.3 Å². The number of β-amino-alcohol motifs (C(OH)–C–C–N with tert-alkyl or cyclic N) is 1. The zero-order chi connectivity index (χ0) is 17.7. The van der Waals surface area contributed by atoms with Crippen LogP contribution in [0.2, 0.25) is 0 Å². The first kappa shape index (κ1) is 18.4. The average molecular weight is 333 g/mol. The second kappa shape index (κ2) is 8.26. The molecule has 1 aromatic rings. The van der Waals surface area contributed by atoms with Crippen LogP contribution in [0.5, 0.6) is 0 Å². The van der Waals surface area contributed by atoms with Crippen LogP contribution in [0, 0.1) is 6.92 Å². The number of hydrogen-bond donors (Lipinski definition) is 2. The second-order valence-electron chi connectivity index (χ2n) is 6.51. The van der Waals surface area contributed by atoms with Crippen LogP contribution < -0.4 is 5.32 Å². The maximum Gasteiger partial charge on any atom is 0.313 e. The highest BCUT2D eigenvalue weighted by Gasteiger charge is 2.26. The lowest BCUT2D eigenvalue weighted by atomic mass is 9.98. The highest BCUT2D eigenvalue weighted by Crippen LogP contribution is 2.27. The Kier molecular flexibility index (Phi) is 6.34. The van der Waals surface area contributed by atoms with E-state index in [1.807, 2.05) is 25.1 Å². The van der Waals surface area contributed by atoms with Crippen molar-refractivity contribution in [2.24, 2.45) is 0 Å². The van der Waals surface area contributed by atoms with E-state index in [1.54, 1.807) is 4.90 Å². The number of nitrogens with one attached hydrogen (secondary N) is 1. The number of anilines is 1. The minimum absolute atomic E-state index is 0.111. The molecule has 6 nitrogen and oxygen atoms in total. The number of carbonyl (C=O) groups is 2. The monoisotopic (exact) mass is 333 g/mol. The number of benzene rings is 1. The fraction of sp³-hybridized carbons (Fsp3) is 0.556. The Labute approximate surface area is 143 Å². The summed E-state index contributed by atoms with van der Waals surface area (Å²) in [6.07, 6.45) is 0. The molecule has 1 aromatic carbocycles. The van der Waals surface area contributed by atoms with E-state index in [-0.39, 0.29) is 12.5 Å². The third kappa shape index (κ3) is 4.33. The number of aryl methyl sites for hydroxylation is 1. The average Bonchev–Trinajstić information content (AvgIpc) is 2.56. The Morgan fingerprint density at radius 1 is 1.21 bits per heavy atom. The van der Waals surface area contributed by atoms with Crippen molar-refractivity contribution in [1.29, 1.82) is 0 Å². The molecule has 0 spiro atoms. The van der Waals surface area contributed by atoms with E-state index in [2.05, 4.69) is 24.1 Å². The first-order valence-electron chi connectivity index (χ1n) is 8.47. The van der Waals surface area contributed by atoms with Gasteiger partial charge in [0.2, 0.25) is 0 Å². The van der Waals surface area contributed by atoms with Crippen LogP contribution in [0.4, 0.5) is 5.69 Å². The van der Waals surface area contributed by atoms with Crippen molar-refractivity contribution in [3.05, 3.63) is 29.3 Å². The van der Waals surface area contributed by atoms with Crippen molar-refractivity contribution in [2.45, 2.75) is 26.7 Å². The number of nitrogens with zero attached hydrogens (tertiary/aromatic N) is 2. The van der Waals surface area contributed by atoms with Gasteiger partial charge in [0.1, 0.15) is 0 Å². The number of rotatable bonds is 4. The number of piperazine rings is 1. The van der Waals surface area contributed by atoms with E-state index in [1.165, 1.54) is 0 Å². The zero-order valence-electron chi connectivity index (χ0n) is 14.7. The Bertz CT molecular complexity index is 593. The molecular formula is C18H27N3O3. The summed E-state index contributed by atoms with van der Waals surface area (Å²) in [6, 6.07) is 5.87. The van der Waals surface area contributed by atoms with E-state index in [0.29, 0.717) is 32.7 Å². The van der Waals surface area contributed by atoms with E-state index in [9.17, 15) is 9.59 Å². The largest absolute Gasteiger partial charge is 0.395 e. The molecule has 0 saturated carbocycles. The summed E-state index contributed by atoms with van der Waals surface area (Å²) >= 11 is 0. The van der Waals surface area contributed by atoms with Crippen LogP contribution in [-0.4, -0.2) is 66.1 Å². The highest BCUT2D eigenvalue weighted by atomic mass is 16.3. The first-order chi connectivity index (χ1) is 11.4. The quantitative estimate of drug-likeness (QED) is 0.812. The number of carbonyl (C=O) groups excluding carboxylic acids is 2. The van der Waals surface area contributed by atoms with Gasteiger partial charge in [-0.2, -0.15) is 0 Å². The van der Waals surface area contributed by atoms with E-state index in [0.717, 1.165) is 16.8 Å². The van der Waals surface area contributed by atoms with Crippen molar-refractivity contribution in [1.82, 2.24) is 9.80 Å². The van der Waals surface area contributed by atoms with Crippen LogP contribution in [0.1, 0.15) is 30.9 Å². The van der Waals surface area contributed by atoms with Gasteiger partial charge in [0.05, 0.1) is 6.61 Å². The molecule has 0 bridgehead atoms. The van der Waals surface area contributed by atoms with E-state index < -0.39 is 11.8 Å². The fourth-order valence-electron chi connectivity index (χ4n) is 2.97. The maximum atomic E-state index is 12.4. The normalized spacial score (nSPS) is 15.6. The van der Waals surface area contributed by atoms with E-state index in [4.69, 9.17) is 5.11 Å². The number of aliphatic hydroxyl groups excluding tert-OH is 1. The molecule has 1 fully saturated rings. The van der Waals surface area contributed by atoms with Gasteiger partial charge in [-0.3, -0.25) is 14.5 Å². The van der Waals surface area contributed by atoms with Gasteiger partial charge in [-0.25, -0.2) is 0 Å². The van der Waals surface area contributed by atoms with Gasteiger partial charge in [0.25, 0.3) is 0 Å². The summed E-state index contributed by atoms with van der Waals surface area (Å²) in [5.74, 6) is -0.809. The molecule has 1 saturated heterocycles. The molecule has 0 atom stereocenters.